The normalized spacial score (nSPS) is 23.3. The van der Waals surface area contributed by atoms with Gasteiger partial charge in [0.15, 0.2) is 0 Å². The number of nitrogens with two attached hydrogens (primary N) is 1. The maximum absolute atomic E-state index is 11.9. The van der Waals surface area contributed by atoms with Crippen LogP contribution < -0.4 is 11.1 Å². The Morgan fingerprint density at radius 1 is 1.53 bits per heavy atom. The Labute approximate surface area is 114 Å². The highest BCUT2D eigenvalue weighted by Gasteiger charge is 2.24. The summed E-state index contributed by atoms with van der Waals surface area (Å²) in [7, 11) is 0. The standard InChI is InChI=1S/C14H23N3O2/c1-2-11-8-17-14(19-11)9-16-13(18)7-10-5-3-4-6-12(10)15/h8,10,12H,2-7,9,15H2,1H3,(H,16,18). The van der Waals surface area contributed by atoms with Crippen LogP contribution in [0.4, 0.5) is 0 Å². The average Bonchev–Trinajstić information content (AvgIpc) is 2.87. The van der Waals surface area contributed by atoms with Crippen molar-refractivity contribution < 1.29 is 9.21 Å². The molecule has 1 saturated carbocycles. The van der Waals surface area contributed by atoms with Gasteiger partial charge in [-0.2, -0.15) is 0 Å². The molecule has 5 nitrogen and oxygen atoms in total. The van der Waals surface area contributed by atoms with Gasteiger partial charge >= 0.3 is 0 Å². The molecule has 1 aliphatic rings. The molecule has 0 spiro atoms. The summed E-state index contributed by atoms with van der Waals surface area (Å²) >= 11 is 0. The predicted molar refractivity (Wildman–Crippen MR) is 72.3 cm³/mol. The van der Waals surface area contributed by atoms with Gasteiger partial charge in [0.05, 0.1) is 12.7 Å². The van der Waals surface area contributed by atoms with Crippen molar-refractivity contribution in [2.45, 2.75) is 58.0 Å². The van der Waals surface area contributed by atoms with E-state index in [1.54, 1.807) is 6.20 Å². The van der Waals surface area contributed by atoms with Gasteiger partial charge in [-0.3, -0.25) is 4.79 Å². The largest absolute Gasteiger partial charge is 0.444 e. The fourth-order valence-electron chi connectivity index (χ4n) is 2.57. The van der Waals surface area contributed by atoms with Crippen molar-refractivity contribution in [1.82, 2.24) is 10.3 Å². The van der Waals surface area contributed by atoms with E-state index in [9.17, 15) is 4.79 Å². The average molecular weight is 265 g/mol. The van der Waals surface area contributed by atoms with E-state index in [2.05, 4.69) is 10.3 Å². The lowest BCUT2D eigenvalue weighted by Crippen LogP contribution is -2.37. The third kappa shape index (κ3) is 4.06. The number of hydrogen-bond donors (Lipinski definition) is 2. The molecule has 0 aliphatic heterocycles. The van der Waals surface area contributed by atoms with E-state index in [-0.39, 0.29) is 11.9 Å². The first-order valence-corrected chi connectivity index (χ1v) is 7.15. The summed E-state index contributed by atoms with van der Waals surface area (Å²) in [5.74, 6) is 1.78. The van der Waals surface area contributed by atoms with Crippen LogP contribution in [0.25, 0.3) is 0 Å². The lowest BCUT2D eigenvalue weighted by molar-refractivity contribution is -0.122. The molecule has 2 rings (SSSR count). The number of oxazole rings is 1. The fraction of sp³-hybridized carbons (Fsp3) is 0.714. The number of rotatable bonds is 5. The van der Waals surface area contributed by atoms with Crippen molar-refractivity contribution >= 4 is 5.91 Å². The van der Waals surface area contributed by atoms with Crippen LogP contribution in [0.2, 0.25) is 0 Å². The Morgan fingerprint density at radius 2 is 2.32 bits per heavy atom. The molecule has 1 heterocycles. The lowest BCUT2D eigenvalue weighted by atomic mass is 9.83. The molecule has 1 aromatic rings. The first-order valence-electron chi connectivity index (χ1n) is 7.15. The van der Waals surface area contributed by atoms with Crippen LogP contribution in [0, 0.1) is 5.92 Å². The van der Waals surface area contributed by atoms with Gasteiger partial charge in [-0.25, -0.2) is 4.98 Å². The van der Waals surface area contributed by atoms with Crippen LogP contribution in [-0.4, -0.2) is 16.9 Å². The third-order valence-electron chi connectivity index (χ3n) is 3.80. The molecule has 1 amide bonds. The van der Waals surface area contributed by atoms with E-state index in [0.717, 1.165) is 25.0 Å². The topological polar surface area (TPSA) is 81.2 Å². The first-order chi connectivity index (χ1) is 9.19. The summed E-state index contributed by atoms with van der Waals surface area (Å²) in [4.78, 5) is 16.0. The highest BCUT2D eigenvalue weighted by atomic mass is 16.4. The molecule has 1 aromatic heterocycles. The predicted octanol–water partition coefficient (Wildman–Crippen LogP) is 1.76. The smallest absolute Gasteiger partial charge is 0.220 e. The van der Waals surface area contributed by atoms with E-state index in [0.29, 0.717) is 24.8 Å². The minimum absolute atomic E-state index is 0.0404. The molecular formula is C14H23N3O2. The maximum Gasteiger partial charge on any atom is 0.220 e. The lowest BCUT2D eigenvalue weighted by Gasteiger charge is -2.27. The Morgan fingerprint density at radius 3 is 3.00 bits per heavy atom. The molecule has 3 N–H and O–H groups in total. The van der Waals surface area contributed by atoms with E-state index in [1.807, 2.05) is 6.92 Å². The Bertz CT molecular complexity index is 417. The molecule has 1 fully saturated rings. The van der Waals surface area contributed by atoms with E-state index in [1.165, 1.54) is 12.8 Å². The molecule has 5 heteroatoms. The van der Waals surface area contributed by atoms with Gasteiger partial charge in [-0.05, 0) is 18.8 Å². The summed E-state index contributed by atoms with van der Waals surface area (Å²) in [6.07, 6.45) is 7.52. The van der Waals surface area contributed by atoms with Crippen LogP contribution in [-0.2, 0) is 17.8 Å². The summed E-state index contributed by atoms with van der Waals surface area (Å²) in [6, 6.07) is 0.174. The van der Waals surface area contributed by atoms with E-state index in [4.69, 9.17) is 10.2 Å². The maximum atomic E-state index is 11.9. The second-order valence-electron chi connectivity index (χ2n) is 5.26. The molecule has 0 aromatic carbocycles. The molecule has 2 unspecified atom stereocenters. The number of carbonyl (C=O) groups is 1. The fourth-order valence-corrected chi connectivity index (χ4v) is 2.57. The molecule has 106 valence electrons. The highest BCUT2D eigenvalue weighted by Crippen LogP contribution is 2.25. The SMILES string of the molecule is CCc1cnc(CNC(=O)CC2CCCCC2N)o1. The number of carbonyl (C=O) groups excluding carboxylic acids is 1. The van der Waals surface area contributed by atoms with Gasteiger partial charge in [0, 0.05) is 18.9 Å². The van der Waals surface area contributed by atoms with Crippen molar-refractivity contribution in [2.75, 3.05) is 0 Å². The van der Waals surface area contributed by atoms with E-state index < -0.39 is 0 Å². The van der Waals surface area contributed by atoms with Crippen molar-refractivity contribution in [3.63, 3.8) is 0 Å². The number of aromatic nitrogens is 1. The third-order valence-corrected chi connectivity index (χ3v) is 3.80. The first kappa shape index (κ1) is 14.1. The van der Waals surface area contributed by atoms with Gasteiger partial charge in [0.25, 0.3) is 0 Å². The molecule has 19 heavy (non-hydrogen) atoms. The number of aryl methyl sites for hydroxylation is 1. The minimum Gasteiger partial charge on any atom is -0.444 e. The molecule has 0 bridgehead atoms. The molecule has 1 aliphatic carbocycles. The van der Waals surface area contributed by atoms with Crippen LogP contribution in [0.5, 0.6) is 0 Å². The Hall–Kier alpha value is -1.36. The highest BCUT2D eigenvalue weighted by molar-refractivity contribution is 5.76. The molecular weight excluding hydrogens is 242 g/mol. The van der Waals surface area contributed by atoms with Crippen molar-refractivity contribution in [1.29, 1.82) is 0 Å². The van der Waals surface area contributed by atoms with Gasteiger partial charge in [-0.15, -0.1) is 0 Å². The van der Waals surface area contributed by atoms with Crippen LogP contribution in [0.15, 0.2) is 10.6 Å². The van der Waals surface area contributed by atoms with Gasteiger partial charge in [0.2, 0.25) is 11.8 Å². The van der Waals surface area contributed by atoms with Crippen LogP contribution >= 0.6 is 0 Å². The van der Waals surface area contributed by atoms with Gasteiger partial charge in [-0.1, -0.05) is 19.8 Å². The number of hydrogen-bond acceptors (Lipinski definition) is 4. The monoisotopic (exact) mass is 265 g/mol. The van der Waals surface area contributed by atoms with E-state index >= 15 is 0 Å². The molecule has 2 atom stereocenters. The Balaban J connectivity index is 1.74. The van der Waals surface area contributed by atoms with Crippen LogP contribution in [0.3, 0.4) is 0 Å². The second kappa shape index (κ2) is 6.70. The summed E-state index contributed by atoms with van der Waals surface area (Å²) in [6.45, 7) is 2.37. The zero-order valence-corrected chi connectivity index (χ0v) is 11.5. The van der Waals surface area contributed by atoms with Crippen molar-refractivity contribution in [3.8, 4) is 0 Å². The number of nitrogens with one attached hydrogen (secondary N) is 1. The molecule has 0 saturated heterocycles. The zero-order chi connectivity index (χ0) is 13.7. The van der Waals surface area contributed by atoms with Crippen molar-refractivity contribution in [2.24, 2.45) is 11.7 Å². The quantitative estimate of drug-likeness (QED) is 0.850. The number of amides is 1. The van der Waals surface area contributed by atoms with Gasteiger partial charge < -0.3 is 15.5 Å². The Kier molecular flexibility index (Phi) is 4.96. The second-order valence-corrected chi connectivity index (χ2v) is 5.26. The summed E-state index contributed by atoms with van der Waals surface area (Å²) < 4.78 is 5.44. The van der Waals surface area contributed by atoms with Crippen molar-refractivity contribution in [3.05, 3.63) is 17.8 Å². The summed E-state index contributed by atoms with van der Waals surface area (Å²) in [5.41, 5.74) is 6.05. The van der Waals surface area contributed by atoms with Gasteiger partial charge in [0.1, 0.15) is 5.76 Å². The minimum atomic E-state index is 0.0404. The summed E-state index contributed by atoms with van der Waals surface area (Å²) in [5, 5.41) is 2.85. The molecule has 0 radical (unpaired) electrons. The zero-order valence-electron chi connectivity index (χ0n) is 11.5. The number of nitrogens with zero attached hydrogens (tertiary/aromatic N) is 1. The van der Waals surface area contributed by atoms with Crippen LogP contribution in [0.1, 0.15) is 50.7 Å².